The molecule has 1 saturated heterocycles. The van der Waals surface area contributed by atoms with E-state index < -0.39 is 30.3 Å². The summed E-state index contributed by atoms with van der Waals surface area (Å²) >= 11 is 12.3. The van der Waals surface area contributed by atoms with E-state index in [1.54, 1.807) is 23.2 Å². The van der Waals surface area contributed by atoms with Gasteiger partial charge in [0.25, 0.3) is 0 Å². The summed E-state index contributed by atoms with van der Waals surface area (Å²) in [5, 5.41) is 12.0. The van der Waals surface area contributed by atoms with E-state index in [9.17, 15) is 14.7 Å². The van der Waals surface area contributed by atoms with Crippen LogP contribution in [0.5, 0.6) is 17.2 Å². The number of hydrogen-bond acceptors (Lipinski definition) is 7. The van der Waals surface area contributed by atoms with E-state index in [1.807, 2.05) is 97.9 Å². The molecule has 0 saturated carbocycles. The minimum Gasteiger partial charge on any atom is -0.489 e. The van der Waals surface area contributed by atoms with Crippen LogP contribution in [0.25, 0.3) is 11.1 Å². The van der Waals surface area contributed by atoms with Crippen LogP contribution in [0.4, 0.5) is 0 Å². The van der Waals surface area contributed by atoms with Gasteiger partial charge in [-0.05, 0) is 119 Å². The van der Waals surface area contributed by atoms with Crippen molar-refractivity contribution in [3.63, 3.8) is 0 Å². The van der Waals surface area contributed by atoms with Crippen molar-refractivity contribution in [3.8, 4) is 28.4 Å². The van der Waals surface area contributed by atoms with Crippen LogP contribution in [0.3, 0.4) is 0 Å². The lowest BCUT2D eigenvalue weighted by Gasteiger charge is -2.42. The summed E-state index contributed by atoms with van der Waals surface area (Å²) in [6.45, 7) is 6.78. The van der Waals surface area contributed by atoms with E-state index >= 15 is 0 Å². The molecule has 5 atom stereocenters. The molecule has 3 aliphatic rings. The van der Waals surface area contributed by atoms with Crippen molar-refractivity contribution in [2.24, 2.45) is 0 Å². The van der Waals surface area contributed by atoms with Gasteiger partial charge in [0.1, 0.15) is 31.2 Å². The molecular weight excluding hydrogens is 809 g/mol. The number of carbonyl (C=O) groups excluding carboxylic acids is 1. The van der Waals surface area contributed by atoms with Gasteiger partial charge in [-0.2, -0.15) is 0 Å². The Labute approximate surface area is 365 Å². The summed E-state index contributed by atoms with van der Waals surface area (Å²) in [7, 11) is 0. The van der Waals surface area contributed by atoms with Crippen molar-refractivity contribution < 1.29 is 28.9 Å². The zero-order valence-electron chi connectivity index (χ0n) is 34.1. The lowest BCUT2D eigenvalue weighted by molar-refractivity contribution is -0.150. The van der Waals surface area contributed by atoms with Gasteiger partial charge in [-0.3, -0.25) is 14.7 Å². The highest BCUT2D eigenvalue weighted by Gasteiger charge is 2.56. The third-order valence-corrected chi connectivity index (χ3v) is 13.1. The summed E-state index contributed by atoms with van der Waals surface area (Å²) in [5.74, 6) is 0.592. The molecule has 1 fully saturated rings. The molecule has 9 nitrogen and oxygen atoms in total. The number of aliphatic carboxylic acids is 1. The average molecular weight is 855 g/mol. The number of pyridine rings is 1. The van der Waals surface area contributed by atoms with Gasteiger partial charge in [0.15, 0.2) is 17.6 Å². The highest BCUT2D eigenvalue weighted by atomic mass is 35.5. The number of fused-ring (bicyclic) bond motifs is 5. The van der Waals surface area contributed by atoms with E-state index in [0.29, 0.717) is 46.9 Å². The van der Waals surface area contributed by atoms with Crippen LogP contribution < -0.4 is 14.2 Å². The molecule has 11 heteroatoms. The molecule has 1 aromatic heterocycles. The van der Waals surface area contributed by atoms with Crippen molar-refractivity contribution in [3.05, 3.63) is 176 Å². The minimum absolute atomic E-state index is 0.141. The van der Waals surface area contributed by atoms with Gasteiger partial charge in [-0.15, -0.1) is 0 Å². The van der Waals surface area contributed by atoms with E-state index in [-0.39, 0.29) is 18.4 Å². The Bertz CT molecular complexity index is 2600. The Kier molecular flexibility index (Phi) is 11.2. The maximum absolute atomic E-state index is 14.8. The number of ether oxygens (including phenoxy) is 3. The zero-order chi connectivity index (χ0) is 42.4. The number of rotatable bonds is 12. The Morgan fingerprint density at radius 2 is 1.66 bits per heavy atom. The molecule has 9 rings (SSSR count). The first-order valence-corrected chi connectivity index (χ1v) is 21.3. The molecule has 2 bridgehead atoms. The first kappa shape index (κ1) is 40.5. The molecule has 0 radical (unpaired) electrons. The van der Waals surface area contributed by atoms with Crippen molar-refractivity contribution >= 4 is 35.1 Å². The van der Waals surface area contributed by atoms with Gasteiger partial charge < -0.3 is 24.2 Å². The Morgan fingerprint density at radius 3 is 2.38 bits per heavy atom. The normalized spacial score (nSPS) is 19.0. The van der Waals surface area contributed by atoms with Gasteiger partial charge in [0.05, 0.1) is 16.1 Å². The van der Waals surface area contributed by atoms with E-state index in [0.717, 1.165) is 62.2 Å². The van der Waals surface area contributed by atoms with Crippen molar-refractivity contribution in [2.75, 3.05) is 6.61 Å². The molecule has 0 aliphatic carbocycles. The summed E-state index contributed by atoms with van der Waals surface area (Å²) in [6.07, 6.45) is 2.02. The van der Waals surface area contributed by atoms with Crippen LogP contribution in [-0.4, -0.2) is 50.5 Å². The van der Waals surface area contributed by atoms with E-state index in [4.69, 9.17) is 37.4 Å². The Hall–Kier alpha value is -5.87. The lowest BCUT2D eigenvalue weighted by atomic mass is 9.89. The highest BCUT2D eigenvalue weighted by molar-refractivity contribution is 6.42. The van der Waals surface area contributed by atoms with Crippen LogP contribution in [0.2, 0.25) is 10.0 Å². The topological polar surface area (TPSA) is 101 Å². The van der Waals surface area contributed by atoms with E-state index in [1.165, 1.54) is 0 Å². The maximum atomic E-state index is 14.8. The monoisotopic (exact) mass is 853 g/mol. The van der Waals surface area contributed by atoms with Crippen molar-refractivity contribution in [2.45, 2.75) is 77.0 Å². The number of aryl methyl sites for hydroxylation is 1. The number of benzene rings is 5. The second kappa shape index (κ2) is 16.9. The Balaban J connectivity index is 1.02. The summed E-state index contributed by atoms with van der Waals surface area (Å²) in [4.78, 5) is 36.5. The molecule has 1 N–H and O–H groups in total. The number of amides is 1. The van der Waals surface area contributed by atoms with Crippen LogP contribution in [0, 0.1) is 13.8 Å². The number of carboxylic acids is 1. The number of carboxylic acid groups (broad SMARTS) is 1. The number of nitrogens with zero attached hydrogens (tertiary/aromatic N) is 3. The fourth-order valence-corrected chi connectivity index (χ4v) is 9.40. The highest BCUT2D eigenvalue weighted by Crippen LogP contribution is 2.52. The SMILES string of the molecule is CCC(c1ccccc1)N1C2Cc3cc4c(cc3C1N(C(Cc1ccc(-c3ccnc(C)c3C)cc1)C(=O)O)C2=O)OC(c1ccc(OCc2ccc(Cl)c(Cl)c2)cc1)CO4. The lowest BCUT2D eigenvalue weighted by Crippen LogP contribution is -2.46. The second-order valence-electron chi connectivity index (χ2n) is 16.0. The smallest absolute Gasteiger partial charge is 0.326 e. The molecule has 4 heterocycles. The molecule has 1 amide bonds. The second-order valence-corrected chi connectivity index (χ2v) is 16.8. The predicted octanol–water partition coefficient (Wildman–Crippen LogP) is 10.7. The standard InChI is InChI=1S/C50H45Cl2N3O6/c1-4-42(34-8-6-5-7-9-34)54-43-24-36-25-45-46(61-47(28-60-45)35-15-17-37(18-16-35)59-27-32-12-19-40(51)41(52)22-32)26-39(36)48(54)55(49(43)56)44(50(57)58)23-31-10-13-33(14-11-31)38-20-21-53-30(3)29(38)2/h5-22,25-26,42-44,47-48H,4,23-24,27-28H2,1-3H3,(H,57,58). The number of aromatic nitrogens is 1. The third-order valence-electron chi connectivity index (χ3n) is 12.3. The van der Waals surface area contributed by atoms with Crippen molar-refractivity contribution in [1.82, 2.24) is 14.8 Å². The van der Waals surface area contributed by atoms with Gasteiger partial charge in [-0.1, -0.05) is 103 Å². The summed E-state index contributed by atoms with van der Waals surface area (Å²) in [6, 6.07) is 35.4. The number of carbonyl (C=O) groups is 2. The first-order chi connectivity index (χ1) is 29.6. The largest absolute Gasteiger partial charge is 0.489 e. The molecule has 5 aromatic carbocycles. The van der Waals surface area contributed by atoms with Crippen LogP contribution in [-0.2, 0) is 29.0 Å². The molecule has 3 aliphatic heterocycles. The first-order valence-electron chi connectivity index (χ1n) is 20.6. The average Bonchev–Trinajstić information content (AvgIpc) is 3.47. The molecule has 5 unspecified atom stereocenters. The Morgan fingerprint density at radius 1 is 0.902 bits per heavy atom. The molecule has 310 valence electrons. The molecule has 61 heavy (non-hydrogen) atoms. The quantitative estimate of drug-likeness (QED) is 0.130. The fraction of sp³-hybridized carbons (Fsp3) is 0.260. The molecule has 6 aromatic rings. The maximum Gasteiger partial charge on any atom is 0.326 e. The predicted molar refractivity (Wildman–Crippen MR) is 235 cm³/mol. The fourth-order valence-electron chi connectivity index (χ4n) is 9.08. The van der Waals surface area contributed by atoms with Crippen LogP contribution in [0.1, 0.15) is 76.3 Å². The zero-order valence-corrected chi connectivity index (χ0v) is 35.6. The third kappa shape index (κ3) is 7.82. The molecule has 0 spiro atoms. The summed E-state index contributed by atoms with van der Waals surface area (Å²) in [5.41, 5.74) is 9.66. The van der Waals surface area contributed by atoms with Crippen LogP contribution >= 0.6 is 23.2 Å². The van der Waals surface area contributed by atoms with Crippen molar-refractivity contribution in [1.29, 1.82) is 0 Å². The van der Waals surface area contributed by atoms with Gasteiger partial charge in [-0.25, -0.2) is 4.79 Å². The van der Waals surface area contributed by atoms with Crippen LogP contribution in [0.15, 0.2) is 121 Å². The minimum atomic E-state index is -1.13. The van der Waals surface area contributed by atoms with E-state index in [2.05, 4.69) is 35.9 Å². The number of halogens is 2. The molecular formula is C50H45Cl2N3O6. The van der Waals surface area contributed by atoms with Gasteiger partial charge in [0.2, 0.25) is 5.91 Å². The summed E-state index contributed by atoms with van der Waals surface area (Å²) < 4.78 is 19.1. The van der Waals surface area contributed by atoms with Gasteiger partial charge >= 0.3 is 5.97 Å². The number of hydrogen-bond donors (Lipinski definition) is 1. The van der Waals surface area contributed by atoms with Gasteiger partial charge in [0, 0.05) is 24.4 Å².